The Balaban J connectivity index is 5.79. The van der Waals surface area contributed by atoms with Gasteiger partial charge in [-0.25, -0.2) is 9.69 Å². The van der Waals surface area contributed by atoms with Gasteiger partial charge in [-0.15, -0.1) is 0 Å². The van der Waals surface area contributed by atoms with Crippen molar-refractivity contribution in [2.75, 3.05) is 34.7 Å². The van der Waals surface area contributed by atoms with E-state index >= 15 is 0 Å². The molecule has 0 aliphatic heterocycles. The molecule has 0 aliphatic carbocycles. The Hall–Kier alpha value is -0.740. The molecular weight excluding hydrogens is 276 g/mol. The smallest absolute Gasteiger partial charge is 0.415 e. The fourth-order valence-electron chi connectivity index (χ4n) is 2.05. The van der Waals surface area contributed by atoms with E-state index in [0.717, 1.165) is 11.3 Å². The fourth-order valence-corrected chi connectivity index (χ4v) is 2.77. The number of rotatable bonds is 8. The minimum Gasteiger partial charge on any atom is -0.473 e. The summed E-state index contributed by atoms with van der Waals surface area (Å²) < 4.78 is 35.2. The summed E-state index contributed by atoms with van der Waals surface area (Å²) in [6.45, 7) is 2.30. The average Bonchev–Trinajstić information content (AvgIpc) is 2.20. The Labute approximate surface area is 114 Å². The van der Waals surface area contributed by atoms with Crippen LogP contribution in [0.4, 0.5) is 0 Å². The van der Waals surface area contributed by atoms with Gasteiger partial charge in [-0.2, -0.15) is 12.6 Å². The van der Waals surface area contributed by atoms with Crippen LogP contribution in [-0.4, -0.2) is 74.0 Å². The number of carboxylic acid groups (broad SMARTS) is 1. The Kier molecular flexibility index (Phi) is 5.90. The van der Waals surface area contributed by atoms with Gasteiger partial charge < -0.3 is 5.11 Å². The highest BCUT2D eigenvalue weighted by Gasteiger charge is 2.60. The van der Waals surface area contributed by atoms with Gasteiger partial charge in [0.05, 0.1) is 20.6 Å². The molecule has 1 unspecified atom stereocenters. The van der Waals surface area contributed by atoms with E-state index in [9.17, 15) is 18.3 Å². The van der Waals surface area contributed by atoms with Gasteiger partial charge >= 0.3 is 22.2 Å². The van der Waals surface area contributed by atoms with Crippen LogP contribution in [0.3, 0.4) is 0 Å². The monoisotopic (exact) mass is 299 g/mol. The van der Waals surface area contributed by atoms with E-state index in [1.807, 2.05) is 6.92 Å². The lowest BCUT2D eigenvalue weighted by Gasteiger charge is -2.46. The Bertz CT molecular complexity index is 420. The molecule has 0 amide bonds. The van der Waals surface area contributed by atoms with Crippen LogP contribution in [0.2, 0.25) is 0 Å². The van der Waals surface area contributed by atoms with Gasteiger partial charge in [-0.1, -0.05) is 13.3 Å². The molecule has 9 heteroatoms. The third-order valence-corrected chi connectivity index (χ3v) is 3.44. The number of likely N-dealkylation sites (N-methyl/N-ethyl adjacent to an activating group) is 2. The summed E-state index contributed by atoms with van der Waals surface area (Å²) in [5.74, 6) is -3.71. The minimum atomic E-state index is -4.92. The topological polar surface area (TPSA) is 104 Å². The molecule has 0 saturated heterocycles. The Morgan fingerprint density at radius 3 is 2.11 bits per heavy atom. The number of carboxylic acids is 1. The molecule has 0 aromatic heterocycles. The summed E-state index contributed by atoms with van der Waals surface area (Å²) >= 11 is 0. The van der Waals surface area contributed by atoms with Gasteiger partial charge in [0, 0.05) is 0 Å². The number of hydrogen-bond acceptors (Lipinski definition) is 5. The van der Waals surface area contributed by atoms with Crippen LogP contribution in [0, 0.1) is 0 Å². The first kappa shape index (κ1) is 18.3. The van der Waals surface area contributed by atoms with Crippen LogP contribution < -0.4 is 0 Å². The van der Waals surface area contributed by atoms with Gasteiger partial charge in [-0.3, -0.25) is 9.04 Å². The zero-order valence-corrected chi connectivity index (χ0v) is 12.8. The molecule has 0 aromatic carbocycles. The number of unbranched alkanes of at least 4 members (excludes halogenated alkanes) is 1. The van der Waals surface area contributed by atoms with Crippen LogP contribution in [0.25, 0.3) is 0 Å². The summed E-state index contributed by atoms with van der Waals surface area (Å²) in [6.07, 6.45) is 1.50. The van der Waals surface area contributed by atoms with Gasteiger partial charge in [0.2, 0.25) is 0 Å². The minimum absolute atomic E-state index is 0.275. The van der Waals surface area contributed by atoms with Crippen molar-refractivity contribution in [3.05, 3.63) is 0 Å². The summed E-state index contributed by atoms with van der Waals surface area (Å²) in [6, 6.07) is 0. The Morgan fingerprint density at radius 2 is 1.84 bits per heavy atom. The molecule has 0 aliphatic rings. The third-order valence-electron chi connectivity index (χ3n) is 3.00. The zero-order valence-electron chi connectivity index (χ0n) is 12.0. The zero-order chi connectivity index (χ0) is 15.5. The van der Waals surface area contributed by atoms with E-state index < -0.39 is 22.2 Å². The van der Waals surface area contributed by atoms with Crippen molar-refractivity contribution in [2.24, 2.45) is 0 Å². The largest absolute Gasteiger partial charge is 0.473 e. The molecule has 2 N–H and O–H groups in total. The van der Waals surface area contributed by atoms with E-state index in [1.165, 1.54) is 28.2 Å². The number of carbonyl (C=O) groups is 1. The van der Waals surface area contributed by atoms with Crippen molar-refractivity contribution in [2.45, 2.75) is 25.6 Å². The molecule has 0 rings (SSSR count). The molecule has 0 fully saturated rings. The molecule has 0 aromatic rings. The fraction of sp³-hybridized carbons (Fsp3) is 0.900. The maximum absolute atomic E-state index is 11.6. The molecular formula is C10H23N2O6S+. The quantitative estimate of drug-likeness (QED) is 0.369. The van der Waals surface area contributed by atoms with Crippen molar-refractivity contribution in [3.63, 3.8) is 0 Å². The van der Waals surface area contributed by atoms with Gasteiger partial charge in [0.1, 0.15) is 0 Å². The normalized spacial score (nSPS) is 16.4. The summed E-state index contributed by atoms with van der Waals surface area (Å²) in [5.41, 5.74) is 0. The maximum Gasteiger partial charge on any atom is 0.415 e. The van der Waals surface area contributed by atoms with Crippen LogP contribution in [0.1, 0.15) is 19.8 Å². The second-order valence-corrected chi connectivity index (χ2v) is 6.10. The van der Waals surface area contributed by atoms with E-state index in [4.69, 9.17) is 4.55 Å². The second-order valence-electron chi connectivity index (χ2n) is 5.08. The average molecular weight is 299 g/mol. The summed E-state index contributed by atoms with van der Waals surface area (Å²) in [4.78, 5) is 12.7. The predicted molar refractivity (Wildman–Crippen MR) is 68.6 cm³/mol. The molecule has 114 valence electrons. The van der Waals surface area contributed by atoms with Crippen LogP contribution >= 0.6 is 0 Å². The number of hydrogen-bond donors (Lipinski definition) is 2. The lowest BCUT2D eigenvalue weighted by Crippen LogP contribution is -2.73. The molecule has 0 spiro atoms. The molecule has 0 radical (unpaired) electrons. The summed E-state index contributed by atoms with van der Waals surface area (Å²) in [7, 11) is 0.916. The second kappa shape index (κ2) is 6.14. The van der Waals surface area contributed by atoms with Gasteiger partial charge in [0.15, 0.2) is 0 Å². The molecule has 0 heterocycles. The highest BCUT2D eigenvalue weighted by Crippen LogP contribution is 2.28. The molecule has 19 heavy (non-hydrogen) atoms. The molecule has 0 saturated carbocycles. The first-order valence-electron chi connectivity index (χ1n) is 5.82. The van der Waals surface area contributed by atoms with E-state index in [0.29, 0.717) is 13.0 Å². The van der Waals surface area contributed by atoms with Gasteiger partial charge in [-0.05, 0) is 20.5 Å². The first-order chi connectivity index (χ1) is 8.40. The van der Waals surface area contributed by atoms with Gasteiger partial charge in [0.25, 0.3) is 0 Å². The lowest BCUT2D eigenvalue weighted by atomic mass is 10.2. The van der Waals surface area contributed by atoms with Crippen molar-refractivity contribution in [1.82, 2.24) is 4.90 Å². The van der Waals surface area contributed by atoms with Crippen LogP contribution in [0.15, 0.2) is 0 Å². The number of aliphatic carboxylic acids is 1. The van der Waals surface area contributed by atoms with Crippen LogP contribution in [0.5, 0.6) is 0 Å². The summed E-state index contributed by atoms with van der Waals surface area (Å²) in [5, 5.41) is 9.43. The number of quaternary nitrogens is 1. The SMILES string of the molecule is CCCC[N+](C)(C)C(OS(=O)(=O)O)(C(=O)O)N(C)C. The highest BCUT2D eigenvalue weighted by atomic mass is 32.3. The van der Waals surface area contributed by atoms with Crippen molar-refractivity contribution < 1.29 is 31.5 Å². The number of nitrogens with zero attached hydrogens (tertiary/aromatic N) is 2. The van der Waals surface area contributed by atoms with E-state index in [-0.39, 0.29) is 4.48 Å². The Morgan fingerprint density at radius 1 is 1.37 bits per heavy atom. The lowest BCUT2D eigenvalue weighted by molar-refractivity contribution is -0.966. The van der Waals surface area contributed by atoms with E-state index in [2.05, 4.69) is 4.18 Å². The van der Waals surface area contributed by atoms with Crippen molar-refractivity contribution in [3.8, 4) is 0 Å². The van der Waals surface area contributed by atoms with E-state index in [1.54, 1.807) is 0 Å². The highest BCUT2D eigenvalue weighted by molar-refractivity contribution is 7.80. The van der Waals surface area contributed by atoms with Crippen molar-refractivity contribution in [1.29, 1.82) is 0 Å². The maximum atomic E-state index is 11.6. The van der Waals surface area contributed by atoms with Crippen molar-refractivity contribution >= 4 is 16.4 Å². The van der Waals surface area contributed by atoms with Crippen LogP contribution in [-0.2, 0) is 19.4 Å². The predicted octanol–water partition coefficient (Wildman–Crippen LogP) is -0.0177. The molecule has 1 atom stereocenters. The first-order valence-corrected chi connectivity index (χ1v) is 7.19. The standard InChI is InChI=1S/C10H22N2O6S/c1-6-7-8-12(4,5)10(9(13)14,11(2)3)18-19(15,16)17/h6-8H2,1-5H3,(H-,13,14,15,16,17)/p+1. The third kappa shape index (κ3) is 4.11. The molecule has 8 nitrogen and oxygen atoms in total. The molecule has 0 bridgehead atoms.